The van der Waals surface area contributed by atoms with Gasteiger partial charge in [0.15, 0.2) is 0 Å². The summed E-state index contributed by atoms with van der Waals surface area (Å²) < 4.78 is 5.42. The van der Waals surface area contributed by atoms with E-state index in [1.807, 2.05) is 12.1 Å². The molecule has 0 aromatic heterocycles. The summed E-state index contributed by atoms with van der Waals surface area (Å²) in [6.07, 6.45) is 3.71. The SMILES string of the molecule is CC1CCc2cccc(NC(=O)C3CCCO3)c2N1. The molecule has 0 radical (unpaired) electrons. The Labute approximate surface area is 113 Å². The fourth-order valence-electron chi connectivity index (χ4n) is 2.77. The minimum absolute atomic E-state index is 0.0223. The van der Waals surface area contributed by atoms with E-state index in [1.165, 1.54) is 5.56 Å². The maximum Gasteiger partial charge on any atom is 0.253 e. The van der Waals surface area contributed by atoms with Crippen LogP contribution in [-0.4, -0.2) is 24.7 Å². The number of carbonyl (C=O) groups excluding carboxylic acids is 1. The molecular weight excluding hydrogens is 240 g/mol. The van der Waals surface area contributed by atoms with Gasteiger partial charge >= 0.3 is 0 Å². The number of hydrogen-bond donors (Lipinski definition) is 2. The summed E-state index contributed by atoms with van der Waals surface area (Å²) in [5, 5.41) is 6.47. The van der Waals surface area contributed by atoms with E-state index in [9.17, 15) is 4.79 Å². The third kappa shape index (κ3) is 2.59. The first-order chi connectivity index (χ1) is 9.24. The highest BCUT2D eigenvalue weighted by molar-refractivity contribution is 5.97. The van der Waals surface area contributed by atoms with E-state index >= 15 is 0 Å². The van der Waals surface area contributed by atoms with Crippen LogP contribution in [-0.2, 0) is 16.0 Å². The fourth-order valence-corrected chi connectivity index (χ4v) is 2.77. The van der Waals surface area contributed by atoms with Gasteiger partial charge < -0.3 is 15.4 Å². The van der Waals surface area contributed by atoms with Crippen molar-refractivity contribution in [3.05, 3.63) is 23.8 Å². The molecule has 0 saturated carbocycles. The number of benzene rings is 1. The molecule has 2 aliphatic heterocycles. The first kappa shape index (κ1) is 12.5. The number of ether oxygens (including phenoxy) is 1. The minimum Gasteiger partial charge on any atom is -0.381 e. The van der Waals surface area contributed by atoms with Crippen molar-refractivity contribution in [2.45, 2.75) is 44.8 Å². The van der Waals surface area contributed by atoms with Crippen LogP contribution >= 0.6 is 0 Å². The second kappa shape index (κ2) is 5.21. The van der Waals surface area contributed by atoms with Crippen LogP contribution in [0.3, 0.4) is 0 Å². The molecule has 102 valence electrons. The van der Waals surface area contributed by atoms with Gasteiger partial charge in [0, 0.05) is 12.6 Å². The van der Waals surface area contributed by atoms with E-state index in [0.29, 0.717) is 12.6 Å². The maximum absolute atomic E-state index is 12.1. The number of carbonyl (C=O) groups is 1. The monoisotopic (exact) mass is 260 g/mol. The van der Waals surface area contributed by atoms with Gasteiger partial charge in [-0.3, -0.25) is 4.79 Å². The molecule has 2 N–H and O–H groups in total. The number of nitrogens with one attached hydrogen (secondary N) is 2. The lowest BCUT2D eigenvalue weighted by Crippen LogP contribution is -2.29. The minimum atomic E-state index is -0.281. The molecule has 4 heteroatoms. The molecule has 2 unspecified atom stereocenters. The Balaban J connectivity index is 1.79. The van der Waals surface area contributed by atoms with Crippen LogP contribution in [0.4, 0.5) is 11.4 Å². The average Bonchev–Trinajstić information content (AvgIpc) is 2.93. The highest BCUT2D eigenvalue weighted by Crippen LogP contribution is 2.32. The van der Waals surface area contributed by atoms with Crippen LogP contribution in [0.15, 0.2) is 18.2 Å². The van der Waals surface area contributed by atoms with Crippen LogP contribution in [0.5, 0.6) is 0 Å². The largest absolute Gasteiger partial charge is 0.381 e. The number of aryl methyl sites for hydroxylation is 1. The van der Waals surface area contributed by atoms with Gasteiger partial charge in [0.05, 0.1) is 11.4 Å². The summed E-state index contributed by atoms with van der Waals surface area (Å²) in [7, 11) is 0. The second-order valence-electron chi connectivity index (χ2n) is 5.41. The Morgan fingerprint density at radius 1 is 1.42 bits per heavy atom. The molecule has 3 rings (SSSR count). The topological polar surface area (TPSA) is 50.4 Å². The summed E-state index contributed by atoms with van der Waals surface area (Å²) in [6, 6.07) is 6.53. The lowest BCUT2D eigenvalue weighted by atomic mass is 9.98. The van der Waals surface area contributed by atoms with Gasteiger partial charge in [0.2, 0.25) is 0 Å². The van der Waals surface area contributed by atoms with E-state index < -0.39 is 0 Å². The number of hydrogen-bond acceptors (Lipinski definition) is 3. The molecule has 19 heavy (non-hydrogen) atoms. The zero-order valence-electron chi connectivity index (χ0n) is 11.2. The molecule has 1 aromatic rings. The van der Waals surface area contributed by atoms with E-state index in [4.69, 9.17) is 4.74 Å². The van der Waals surface area contributed by atoms with Crippen LogP contribution in [0, 0.1) is 0 Å². The van der Waals surface area contributed by atoms with Crippen molar-refractivity contribution in [2.24, 2.45) is 0 Å². The predicted octanol–water partition coefficient (Wildman–Crippen LogP) is 2.55. The highest BCUT2D eigenvalue weighted by atomic mass is 16.5. The van der Waals surface area contributed by atoms with E-state index in [1.54, 1.807) is 0 Å². The summed E-state index contributed by atoms with van der Waals surface area (Å²) >= 11 is 0. The summed E-state index contributed by atoms with van der Waals surface area (Å²) in [5.41, 5.74) is 3.24. The standard InChI is InChI=1S/C15H20N2O2/c1-10-7-8-11-4-2-5-12(14(11)16-10)17-15(18)13-6-3-9-19-13/h2,4-5,10,13,16H,3,6-9H2,1H3,(H,17,18). The van der Waals surface area contributed by atoms with Gasteiger partial charge in [0.25, 0.3) is 5.91 Å². The number of anilines is 2. The Kier molecular flexibility index (Phi) is 3.42. The quantitative estimate of drug-likeness (QED) is 0.859. The first-order valence-corrected chi connectivity index (χ1v) is 7.05. The van der Waals surface area contributed by atoms with Crippen molar-refractivity contribution >= 4 is 17.3 Å². The van der Waals surface area contributed by atoms with Crippen LogP contribution in [0.1, 0.15) is 31.7 Å². The van der Waals surface area contributed by atoms with Gasteiger partial charge in [-0.05, 0) is 44.2 Å². The fraction of sp³-hybridized carbons (Fsp3) is 0.533. The lowest BCUT2D eigenvalue weighted by molar-refractivity contribution is -0.124. The van der Waals surface area contributed by atoms with Gasteiger partial charge in [-0.2, -0.15) is 0 Å². The first-order valence-electron chi connectivity index (χ1n) is 7.05. The zero-order valence-corrected chi connectivity index (χ0v) is 11.2. The molecule has 0 aliphatic carbocycles. The van der Waals surface area contributed by atoms with E-state index in [2.05, 4.69) is 23.6 Å². The Bertz CT molecular complexity index is 481. The van der Waals surface area contributed by atoms with Gasteiger partial charge in [0.1, 0.15) is 6.10 Å². The summed E-state index contributed by atoms with van der Waals surface area (Å²) in [6.45, 7) is 2.86. The molecule has 0 bridgehead atoms. The summed E-state index contributed by atoms with van der Waals surface area (Å²) in [5.74, 6) is -0.0223. The van der Waals surface area contributed by atoms with Crippen LogP contribution in [0.25, 0.3) is 0 Å². The third-order valence-electron chi connectivity index (χ3n) is 3.87. The second-order valence-corrected chi connectivity index (χ2v) is 5.41. The van der Waals surface area contributed by atoms with Crippen molar-refractivity contribution in [2.75, 3.05) is 17.2 Å². The third-order valence-corrected chi connectivity index (χ3v) is 3.87. The normalized spacial score (nSPS) is 25.5. The van der Waals surface area contributed by atoms with Crippen LogP contribution in [0.2, 0.25) is 0 Å². The lowest BCUT2D eigenvalue weighted by Gasteiger charge is -2.26. The highest BCUT2D eigenvalue weighted by Gasteiger charge is 2.25. The predicted molar refractivity (Wildman–Crippen MR) is 75.5 cm³/mol. The average molecular weight is 260 g/mol. The Hall–Kier alpha value is -1.55. The molecule has 2 aliphatic rings. The van der Waals surface area contributed by atoms with Crippen molar-refractivity contribution in [1.82, 2.24) is 0 Å². The molecule has 1 amide bonds. The van der Waals surface area contributed by atoms with Crippen molar-refractivity contribution in [3.63, 3.8) is 0 Å². The number of para-hydroxylation sites is 1. The molecular formula is C15H20N2O2. The Morgan fingerprint density at radius 3 is 3.11 bits per heavy atom. The number of amides is 1. The molecule has 2 atom stereocenters. The molecule has 1 fully saturated rings. The van der Waals surface area contributed by atoms with Gasteiger partial charge in [-0.25, -0.2) is 0 Å². The van der Waals surface area contributed by atoms with Gasteiger partial charge in [-0.1, -0.05) is 12.1 Å². The molecule has 1 aromatic carbocycles. The number of fused-ring (bicyclic) bond motifs is 1. The van der Waals surface area contributed by atoms with Crippen LogP contribution < -0.4 is 10.6 Å². The number of rotatable bonds is 2. The molecule has 4 nitrogen and oxygen atoms in total. The van der Waals surface area contributed by atoms with E-state index in [-0.39, 0.29) is 12.0 Å². The zero-order chi connectivity index (χ0) is 13.2. The summed E-state index contributed by atoms with van der Waals surface area (Å²) in [4.78, 5) is 12.1. The maximum atomic E-state index is 12.1. The van der Waals surface area contributed by atoms with Crippen molar-refractivity contribution in [3.8, 4) is 0 Å². The van der Waals surface area contributed by atoms with Crippen molar-refractivity contribution in [1.29, 1.82) is 0 Å². The molecule has 2 heterocycles. The van der Waals surface area contributed by atoms with Gasteiger partial charge in [-0.15, -0.1) is 0 Å². The van der Waals surface area contributed by atoms with Crippen molar-refractivity contribution < 1.29 is 9.53 Å². The Morgan fingerprint density at radius 2 is 2.32 bits per heavy atom. The van der Waals surface area contributed by atoms with E-state index in [0.717, 1.165) is 37.1 Å². The smallest absolute Gasteiger partial charge is 0.253 e. The molecule has 0 spiro atoms. The molecule has 1 saturated heterocycles.